The largest absolute Gasteiger partial charge is 0.493 e. The molecule has 2 aromatic carbocycles. The van der Waals surface area contributed by atoms with Crippen molar-refractivity contribution < 1.29 is 17.9 Å². The molecule has 0 spiro atoms. The van der Waals surface area contributed by atoms with E-state index >= 15 is 0 Å². The SMILES string of the molecule is CCOc1ccc(NS(=O)(=O)c2ccc(C)cc2Cl)cc1OC. The molecular weight excluding hydrogens is 338 g/mol. The smallest absolute Gasteiger partial charge is 0.263 e. The third-order valence-electron chi connectivity index (χ3n) is 3.09. The lowest BCUT2D eigenvalue weighted by molar-refractivity contribution is 0.311. The number of benzene rings is 2. The van der Waals surface area contributed by atoms with Crippen molar-refractivity contribution in [3.63, 3.8) is 0 Å². The quantitative estimate of drug-likeness (QED) is 0.854. The molecule has 0 aliphatic carbocycles. The first-order valence-corrected chi connectivity index (χ1v) is 8.83. The molecule has 0 amide bonds. The average molecular weight is 356 g/mol. The van der Waals surface area contributed by atoms with Crippen LogP contribution in [0.1, 0.15) is 12.5 Å². The molecule has 0 aliphatic rings. The fourth-order valence-electron chi connectivity index (χ4n) is 2.04. The summed E-state index contributed by atoms with van der Waals surface area (Å²) in [5.41, 5.74) is 1.25. The van der Waals surface area contributed by atoms with Crippen LogP contribution in [0.4, 0.5) is 5.69 Å². The number of hydrogen-bond donors (Lipinski definition) is 1. The van der Waals surface area contributed by atoms with Crippen LogP contribution in [-0.2, 0) is 10.0 Å². The van der Waals surface area contributed by atoms with Crippen molar-refractivity contribution in [2.24, 2.45) is 0 Å². The van der Waals surface area contributed by atoms with Gasteiger partial charge < -0.3 is 9.47 Å². The molecule has 124 valence electrons. The first kappa shape index (κ1) is 17.4. The van der Waals surface area contributed by atoms with Gasteiger partial charge >= 0.3 is 0 Å². The summed E-state index contributed by atoms with van der Waals surface area (Å²) in [6.07, 6.45) is 0. The van der Waals surface area contributed by atoms with Crippen LogP contribution in [0, 0.1) is 6.92 Å². The van der Waals surface area contributed by atoms with Gasteiger partial charge in [0.25, 0.3) is 10.0 Å². The maximum Gasteiger partial charge on any atom is 0.263 e. The first-order chi connectivity index (χ1) is 10.9. The topological polar surface area (TPSA) is 64.6 Å². The second-order valence-electron chi connectivity index (χ2n) is 4.84. The highest BCUT2D eigenvalue weighted by Crippen LogP contribution is 2.32. The molecule has 0 saturated heterocycles. The molecule has 0 fully saturated rings. The number of rotatable bonds is 6. The molecule has 2 aromatic rings. The predicted molar refractivity (Wildman–Crippen MR) is 91.2 cm³/mol. The molecule has 0 saturated carbocycles. The van der Waals surface area contributed by atoms with Crippen LogP contribution < -0.4 is 14.2 Å². The van der Waals surface area contributed by atoms with E-state index in [1.165, 1.54) is 13.2 Å². The molecule has 7 heteroatoms. The molecule has 0 atom stereocenters. The van der Waals surface area contributed by atoms with Crippen LogP contribution in [-0.4, -0.2) is 22.1 Å². The molecule has 0 aromatic heterocycles. The summed E-state index contributed by atoms with van der Waals surface area (Å²) >= 11 is 6.04. The van der Waals surface area contributed by atoms with Crippen molar-refractivity contribution in [3.8, 4) is 11.5 Å². The van der Waals surface area contributed by atoms with E-state index < -0.39 is 10.0 Å². The number of anilines is 1. The lowest BCUT2D eigenvalue weighted by Gasteiger charge is -2.13. The summed E-state index contributed by atoms with van der Waals surface area (Å²) in [6.45, 7) is 4.18. The molecule has 5 nitrogen and oxygen atoms in total. The summed E-state index contributed by atoms with van der Waals surface area (Å²) in [6, 6.07) is 9.59. The van der Waals surface area contributed by atoms with Crippen molar-refractivity contribution >= 4 is 27.3 Å². The van der Waals surface area contributed by atoms with Crippen LogP contribution in [0.25, 0.3) is 0 Å². The van der Waals surface area contributed by atoms with E-state index in [-0.39, 0.29) is 9.92 Å². The van der Waals surface area contributed by atoms with Crippen LogP contribution in [0.2, 0.25) is 5.02 Å². The van der Waals surface area contributed by atoms with Crippen molar-refractivity contribution in [1.29, 1.82) is 0 Å². The summed E-state index contributed by atoms with van der Waals surface area (Å²) in [4.78, 5) is 0.0256. The molecule has 23 heavy (non-hydrogen) atoms. The molecule has 2 rings (SSSR count). The van der Waals surface area contributed by atoms with E-state index in [1.807, 2.05) is 13.8 Å². The third kappa shape index (κ3) is 4.09. The lowest BCUT2D eigenvalue weighted by Crippen LogP contribution is -2.13. The zero-order chi connectivity index (χ0) is 17.0. The van der Waals surface area contributed by atoms with Crippen LogP contribution in [0.3, 0.4) is 0 Å². The number of sulfonamides is 1. The van der Waals surface area contributed by atoms with Gasteiger partial charge in [0, 0.05) is 6.07 Å². The van der Waals surface area contributed by atoms with Crippen molar-refractivity contribution in [1.82, 2.24) is 0 Å². The molecule has 1 N–H and O–H groups in total. The summed E-state index contributed by atoms with van der Waals surface area (Å²) in [5, 5.41) is 0.176. The number of halogens is 1. The van der Waals surface area contributed by atoms with Gasteiger partial charge in [-0.3, -0.25) is 4.72 Å². The number of hydrogen-bond acceptors (Lipinski definition) is 4. The fraction of sp³-hybridized carbons (Fsp3) is 0.250. The minimum absolute atomic E-state index is 0.0256. The monoisotopic (exact) mass is 355 g/mol. The van der Waals surface area contributed by atoms with Gasteiger partial charge in [-0.1, -0.05) is 17.7 Å². The third-order valence-corrected chi connectivity index (χ3v) is 4.96. The Morgan fingerprint density at radius 3 is 2.48 bits per heavy atom. The van der Waals surface area contributed by atoms with E-state index in [0.29, 0.717) is 23.8 Å². The second kappa shape index (κ2) is 7.10. The van der Waals surface area contributed by atoms with Crippen LogP contribution in [0.15, 0.2) is 41.3 Å². The molecule has 0 aliphatic heterocycles. The minimum atomic E-state index is -3.79. The Balaban J connectivity index is 2.33. The number of methoxy groups -OCH3 is 1. The summed E-state index contributed by atoms with van der Waals surface area (Å²) in [7, 11) is -2.30. The standard InChI is InChI=1S/C16H18ClNO4S/c1-4-22-14-7-6-12(10-15(14)21-3)18-23(19,20)16-8-5-11(2)9-13(16)17/h5-10,18H,4H2,1-3H3. The predicted octanol–water partition coefficient (Wildman–Crippen LogP) is 3.86. The molecule has 0 unspecified atom stereocenters. The Labute approximate surface area is 141 Å². The van der Waals surface area contributed by atoms with Gasteiger partial charge in [-0.25, -0.2) is 8.42 Å². The number of ether oxygens (including phenoxy) is 2. The fourth-order valence-corrected chi connectivity index (χ4v) is 3.69. The summed E-state index contributed by atoms with van der Waals surface area (Å²) in [5.74, 6) is 0.994. The average Bonchev–Trinajstić information content (AvgIpc) is 2.48. The molecule has 0 radical (unpaired) electrons. The Morgan fingerprint density at radius 2 is 1.87 bits per heavy atom. The van der Waals surface area contributed by atoms with Crippen molar-refractivity contribution in [3.05, 3.63) is 47.0 Å². The Bertz CT molecular complexity index is 806. The van der Waals surface area contributed by atoms with E-state index in [4.69, 9.17) is 21.1 Å². The normalized spacial score (nSPS) is 11.1. The van der Waals surface area contributed by atoms with E-state index in [2.05, 4.69) is 4.72 Å². The van der Waals surface area contributed by atoms with Gasteiger partial charge in [-0.15, -0.1) is 0 Å². The first-order valence-electron chi connectivity index (χ1n) is 6.97. The van der Waals surface area contributed by atoms with Gasteiger partial charge in [0.05, 0.1) is 24.4 Å². The maximum atomic E-state index is 12.5. The van der Waals surface area contributed by atoms with E-state index in [1.54, 1.807) is 30.3 Å². The van der Waals surface area contributed by atoms with Gasteiger partial charge in [0.2, 0.25) is 0 Å². The van der Waals surface area contributed by atoms with Crippen LogP contribution in [0.5, 0.6) is 11.5 Å². The van der Waals surface area contributed by atoms with Gasteiger partial charge in [-0.05, 0) is 43.7 Å². The Hall–Kier alpha value is -1.92. The van der Waals surface area contributed by atoms with E-state index in [0.717, 1.165) is 5.56 Å². The maximum absolute atomic E-state index is 12.5. The lowest BCUT2D eigenvalue weighted by atomic mass is 10.2. The van der Waals surface area contributed by atoms with Gasteiger partial charge in [-0.2, -0.15) is 0 Å². The Kier molecular flexibility index (Phi) is 5.38. The van der Waals surface area contributed by atoms with Gasteiger partial charge in [0.15, 0.2) is 11.5 Å². The highest BCUT2D eigenvalue weighted by Gasteiger charge is 2.19. The van der Waals surface area contributed by atoms with Gasteiger partial charge in [0.1, 0.15) is 4.90 Å². The molecule has 0 bridgehead atoms. The second-order valence-corrected chi connectivity index (χ2v) is 6.90. The highest BCUT2D eigenvalue weighted by molar-refractivity contribution is 7.92. The van der Waals surface area contributed by atoms with Crippen molar-refractivity contribution in [2.75, 3.05) is 18.4 Å². The van der Waals surface area contributed by atoms with Crippen molar-refractivity contribution in [2.45, 2.75) is 18.7 Å². The zero-order valence-corrected chi connectivity index (χ0v) is 14.7. The summed E-state index contributed by atoms with van der Waals surface area (Å²) < 4.78 is 38.1. The zero-order valence-electron chi connectivity index (χ0n) is 13.1. The molecular formula is C16H18ClNO4S. The number of aryl methyl sites for hydroxylation is 1. The molecule has 0 heterocycles. The minimum Gasteiger partial charge on any atom is -0.493 e. The number of nitrogens with one attached hydrogen (secondary N) is 1. The van der Waals surface area contributed by atoms with Crippen LogP contribution >= 0.6 is 11.6 Å². The highest BCUT2D eigenvalue weighted by atomic mass is 35.5. The Morgan fingerprint density at radius 1 is 1.13 bits per heavy atom. The van der Waals surface area contributed by atoms with E-state index in [9.17, 15) is 8.42 Å².